The average Bonchev–Trinajstić information content (AvgIpc) is 2.49. The van der Waals surface area contributed by atoms with Crippen LogP contribution in [0.1, 0.15) is 11.1 Å². The molecule has 3 rings (SSSR count). The molecule has 0 saturated carbocycles. The molecule has 0 radical (unpaired) electrons. The monoisotopic (exact) mass is 279 g/mol. The van der Waals surface area contributed by atoms with Gasteiger partial charge in [-0.25, -0.2) is 0 Å². The Morgan fingerprint density at radius 3 is 2.19 bits per heavy atom. The molecule has 1 heterocycles. The molecular formula is C19H23N2+. The van der Waals surface area contributed by atoms with Gasteiger partial charge in [0.15, 0.2) is 6.67 Å². The lowest BCUT2D eigenvalue weighted by atomic mass is 10.1. The first kappa shape index (κ1) is 13.9. The first-order valence-corrected chi connectivity index (χ1v) is 7.56. The van der Waals surface area contributed by atoms with E-state index in [9.17, 15) is 0 Å². The van der Waals surface area contributed by atoms with Crippen LogP contribution >= 0.6 is 0 Å². The lowest BCUT2D eigenvalue weighted by Crippen LogP contribution is -2.51. The fraction of sp³-hybridized carbons (Fsp3) is 0.263. The minimum absolute atomic E-state index is 0.986. The summed E-state index contributed by atoms with van der Waals surface area (Å²) in [4.78, 5) is 2.42. The van der Waals surface area contributed by atoms with Gasteiger partial charge in [0.05, 0.1) is 7.05 Å². The fourth-order valence-electron chi connectivity index (χ4n) is 3.05. The summed E-state index contributed by atoms with van der Waals surface area (Å²) in [6.07, 6.45) is 4.55. The van der Waals surface area contributed by atoms with Gasteiger partial charge in [-0.3, -0.25) is 0 Å². The van der Waals surface area contributed by atoms with E-state index in [1.165, 1.54) is 11.1 Å². The maximum Gasteiger partial charge on any atom is 0.154 e. The van der Waals surface area contributed by atoms with Gasteiger partial charge in [-0.05, 0) is 11.6 Å². The van der Waals surface area contributed by atoms with Gasteiger partial charge >= 0.3 is 0 Å². The maximum atomic E-state index is 2.42. The van der Waals surface area contributed by atoms with Crippen LogP contribution in [0.25, 0.3) is 0 Å². The molecule has 0 bridgehead atoms. The van der Waals surface area contributed by atoms with Gasteiger partial charge in [0.2, 0.25) is 0 Å². The lowest BCUT2D eigenvalue weighted by Gasteiger charge is -2.40. The van der Waals surface area contributed by atoms with E-state index < -0.39 is 0 Å². The molecule has 21 heavy (non-hydrogen) atoms. The van der Waals surface area contributed by atoms with Crippen molar-refractivity contribution in [3.05, 3.63) is 84.1 Å². The van der Waals surface area contributed by atoms with Gasteiger partial charge < -0.3 is 9.38 Å². The average molecular weight is 279 g/mol. The van der Waals surface area contributed by atoms with E-state index in [4.69, 9.17) is 0 Å². The van der Waals surface area contributed by atoms with Gasteiger partial charge in [-0.15, -0.1) is 0 Å². The zero-order chi connectivity index (χ0) is 14.5. The van der Waals surface area contributed by atoms with Crippen LogP contribution in [-0.4, -0.2) is 29.6 Å². The minimum Gasteiger partial charge on any atom is -0.328 e. The third kappa shape index (κ3) is 3.73. The van der Waals surface area contributed by atoms with Crippen molar-refractivity contribution < 1.29 is 4.48 Å². The van der Waals surface area contributed by atoms with Crippen molar-refractivity contribution in [2.45, 2.75) is 13.1 Å². The minimum atomic E-state index is 0.986. The molecule has 2 aromatic carbocycles. The quantitative estimate of drug-likeness (QED) is 0.773. The van der Waals surface area contributed by atoms with Crippen LogP contribution in [0.3, 0.4) is 0 Å². The van der Waals surface area contributed by atoms with E-state index in [1.807, 2.05) is 0 Å². The maximum absolute atomic E-state index is 2.42. The van der Waals surface area contributed by atoms with Crippen molar-refractivity contribution >= 4 is 0 Å². The van der Waals surface area contributed by atoms with Gasteiger partial charge in [0.1, 0.15) is 13.1 Å². The predicted octanol–water partition coefficient (Wildman–Crippen LogP) is 3.62. The Morgan fingerprint density at radius 1 is 0.905 bits per heavy atom. The molecule has 0 aliphatic carbocycles. The first-order chi connectivity index (χ1) is 10.2. The number of nitrogens with zero attached hydrogens (tertiary/aromatic N) is 2. The van der Waals surface area contributed by atoms with Crippen molar-refractivity contribution in [3.63, 3.8) is 0 Å². The van der Waals surface area contributed by atoms with Gasteiger partial charge in [-0.1, -0.05) is 60.7 Å². The van der Waals surface area contributed by atoms with Crippen LogP contribution in [0.15, 0.2) is 72.9 Å². The second-order valence-electron chi connectivity index (χ2n) is 6.20. The molecule has 1 aliphatic rings. The second-order valence-corrected chi connectivity index (χ2v) is 6.20. The molecular weight excluding hydrogens is 256 g/mol. The summed E-state index contributed by atoms with van der Waals surface area (Å²) in [6.45, 7) is 4.22. The predicted molar refractivity (Wildman–Crippen MR) is 87.2 cm³/mol. The molecule has 0 fully saturated rings. The van der Waals surface area contributed by atoms with Crippen molar-refractivity contribution in [1.29, 1.82) is 0 Å². The topological polar surface area (TPSA) is 3.24 Å². The molecule has 2 aromatic rings. The van der Waals surface area contributed by atoms with Crippen LogP contribution < -0.4 is 0 Å². The van der Waals surface area contributed by atoms with Crippen LogP contribution in [0, 0.1) is 0 Å². The molecule has 108 valence electrons. The van der Waals surface area contributed by atoms with Crippen molar-refractivity contribution in [1.82, 2.24) is 4.90 Å². The van der Waals surface area contributed by atoms with E-state index in [0.29, 0.717) is 0 Å². The Labute approximate surface area is 127 Å². The lowest BCUT2D eigenvalue weighted by molar-refractivity contribution is -0.928. The summed E-state index contributed by atoms with van der Waals surface area (Å²) >= 11 is 0. The summed E-state index contributed by atoms with van der Waals surface area (Å²) < 4.78 is 1.04. The Morgan fingerprint density at radius 2 is 1.52 bits per heavy atom. The van der Waals surface area contributed by atoms with E-state index in [-0.39, 0.29) is 0 Å². The molecule has 1 atom stereocenters. The smallest absolute Gasteiger partial charge is 0.154 e. The van der Waals surface area contributed by atoms with E-state index in [1.54, 1.807) is 0 Å². The molecule has 0 N–H and O–H groups in total. The summed E-state index contributed by atoms with van der Waals surface area (Å²) in [5.41, 5.74) is 2.78. The molecule has 1 aliphatic heterocycles. The zero-order valence-electron chi connectivity index (χ0n) is 12.7. The third-order valence-corrected chi connectivity index (χ3v) is 4.02. The standard InChI is InChI=1S/C19H23N2/c1-21(16-19-11-6-3-7-12-19)14-8-13-20(17-21)15-18-9-4-2-5-10-18/h2-13H,14-17H2,1H3/q+1. The number of hydrogen-bond donors (Lipinski definition) is 0. The van der Waals surface area contributed by atoms with E-state index >= 15 is 0 Å². The van der Waals surface area contributed by atoms with Crippen LogP contribution in [0.5, 0.6) is 0 Å². The van der Waals surface area contributed by atoms with Crippen LogP contribution in [0.2, 0.25) is 0 Å². The van der Waals surface area contributed by atoms with Crippen LogP contribution in [0.4, 0.5) is 0 Å². The normalized spacial score (nSPS) is 21.5. The molecule has 1 unspecified atom stereocenters. The third-order valence-electron chi connectivity index (χ3n) is 4.02. The Kier molecular flexibility index (Phi) is 4.07. The highest BCUT2D eigenvalue weighted by Gasteiger charge is 2.26. The summed E-state index contributed by atoms with van der Waals surface area (Å²) in [5.74, 6) is 0. The largest absolute Gasteiger partial charge is 0.328 e. The number of benzene rings is 2. The van der Waals surface area contributed by atoms with E-state index in [0.717, 1.165) is 30.8 Å². The Balaban J connectivity index is 1.67. The number of rotatable bonds is 4. The molecule has 0 aromatic heterocycles. The molecule has 0 amide bonds. The van der Waals surface area contributed by atoms with Crippen LogP contribution in [-0.2, 0) is 13.1 Å². The number of hydrogen-bond acceptors (Lipinski definition) is 1. The SMILES string of the molecule is C[N+]1(Cc2ccccc2)CC=CN(Cc2ccccc2)C1. The van der Waals surface area contributed by atoms with Gasteiger partial charge in [0.25, 0.3) is 0 Å². The summed E-state index contributed by atoms with van der Waals surface area (Å²) in [7, 11) is 2.34. The highest BCUT2D eigenvalue weighted by molar-refractivity contribution is 5.15. The highest BCUT2D eigenvalue weighted by atomic mass is 15.4. The van der Waals surface area contributed by atoms with Gasteiger partial charge in [-0.2, -0.15) is 0 Å². The first-order valence-electron chi connectivity index (χ1n) is 7.56. The number of likely N-dealkylation sites (N-methyl/N-ethyl adjacent to an activating group) is 1. The molecule has 2 nitrogen and oxygen atoms in total. The van der Waals surface area contributed by atoms with E-state index in [2.05, 4.69) is 84.9 Å². The fourth-order valence-corrected chi connectivity index (χ4v) is 3.05. The summed E-state index contributed by atoms with van der Waals surface area (Å²) in [6, 6.07) is 21.5. The molecule has 0 spiro atoms. The van der Waals surface area contributed by atoms with Crippen molar-refractivity contribution in [2.24, 2.45) is 0 Å². The molecule has 0 saturated heterocycles. The second kappa shape index (κ2) is 6.15. The van der Waals surface area contributed by atoms with Crippen molar-refractivity contribution in [3.8, 4) is 0 Å². The van der Waals surface area contributed by atoms with Crippen molar-refractivity contribution in [2.75, 3.05) is 20.3 Å². The summed E-state index contributed by atoms with van der Waals surface area (Å²) in [5, 5.41) is 0. The molecule has 2 heteroatoms. The number of quaternary nitrogens is 1. The Bertz CT molecular complexity index is 591. The highest BCUT2D eigenvalue weighted by Crippen LogP contribution is 2.18. The Hall–Kier alpha value is -2.06. The van der Waals surface area contributed by atoms with Gasteiger partial charge in [0, 0.05) is 18.3 Å². The zero-order valence-corrected chi connectivity index (χ0v) is 12.7.